The van der Waals surface area contributed by atoms with Crippen LogP contribution in [0, 0.1) is 0 Å². The molecule has 1 unspecified atom stereocenters. The molecule has 0 bridgehead atoms. The maximum absolute atomic E-state index is 12.0. The van der Waals surface area contributed by atoms with Crippen LogP contribution in [-0.4, -0.2) is 36.0 Å². The van der Waals surface area contributed by atoms with E-state index in [1.807, 2.05) is 43.1 Å². The molecule has 1 atom stereocenters. The van der Waals surface area contributed by atoms with Crippen molar-refractivity contribution in [2.45, 2.75) is 13.0 Å². The van der Waals surface area contributed by atoms with E-state index in [9.17, 15) is 4.79 Å². The molecular formula is C14H16N2O2. The fourth-order valence-corrected chi connectivity index (χ4v) is 2.59. The van der Waals surface area contributed by atoms with Crippen LogP contribution in [0.5, 0.6) is 0 Å². The zero-order valence-corrected chi connectivity index (χ0v) is 10.6. The number of fused-ring (bicyclic) bond motifs is 1. The van der Waals surface area contributed by atoms with E-state index < -0.39 is 0 Å². The van der Waals surface area contributed by atoms with Gasteiger partial charge in [-0.1, -0.05) is 18.2 Å². The Hall–Kier alpha value is -1.97. The van der Waals surface area contributed by atoms with Gasteiger partial charge in [0.15, 0.2) is 0 Å². The van der Waals surface area contributed by atoms with Gasteiger partial charge in [-0.15, -0.1) is 0 Å². The number of hydrogen-bond donors (Lipinski definition) is 0. The third-order valence-electron chi connectivity index (χ3n) is 3.68. The molecule has 18 heavy (non-hydrogen) atoms. The minimum Gasteiger partial charge on any atom is -0.464 e. The smallest absolute Gasteiger partial charge is 0.320 e. The average Bonchev–Trinajstić information content (AvgIpc) is 2.93. The monoisotopic (exact) mass is 244 g/mol. The summed E-state index contributed by atoms with van der Waals surface area (Å²) in [5, 5.41) is 1.10. The molecule has 1 aromatic heterocycles. The fraction of sp³-hybridized carbons (Fsp3) is 0.357. The van der Waals surface area contributed by atoms with Gasteiger partial charge in [-0.2, -0.15) is 0 Å². The fourth-order valence-electron chi connectivity index (χ4n) is 2.59. The number of urea groups is 1. The summed E-state index contributed by atoms with van der Waals surface area (Å²) in [6.07, 6.45) is 1.78. The van der Waals surface area contributed by atoms with Crippen LogP contribution in [0.25, 0.3) is 11.0 Å². The van der Waals surface area contributed by atoms with Crippen LogP contribution in [0.4, 0.5) is 4.79 Å². The van der Waals surface area contributed by atoms with Crippen LogP contribution in [0.15, 0.2) is 34.9 Å². The molecule has 0 saturated carbocycles. The lowest BCUT2D eigenvalue weighted by Gasteiger charge is -2.16. The largest absolute Gasteiger partial charge is 0.464 e. The van der Waals surface area contributed by atoms with E-state index in [4.69, 9.17) is 4.42 Å². The lowest BCUT2D eigenvalue weighted by atomic mass is 10.1. The second-order valence-corrected chi connectivity index (χ2v) is 4.64. The van der Waals surface area contributed by atoms with Gasteiger partial charge in [0.1, 0.15) is 5.58 Å². The minimum atomic E-state index is 0.0844. The molecule has 1 aliphatic heterocycles. The molecule has 0 N–H and O–H groups in total. The highest BCUT2D eigenvalue weighted by molar-refractivity contribution is 5.84. The van der Waals surface area contributed by atoms with E-state index in [1.165, 1.54) is 0 Å². The highest BCUT2D eigenvalue weighted by atomic mass is 16.3. The number of para-hydroxylation sites is 1. The van der Waals surface area contributed by atoms with Crippen LogP contribution >= 0.6 is 0 Å². The molecule has 0 spiro atoms. The van der Waals surface area contributed by atoms with Crippen LogP contribution in [0.2, 0.25) is 0 Å². The number of rotatable bonds is 2. The second-order valence-electron chi connectivity index (χ2n) is 4.64. The Morgan fingerprint density at radius 3 is 2.89 bits per heavy atom. The van der Waals surface area contributed by atoms with Crippen LogP contribution in [-0.2, 0) is 0 Å². The van der Waals surface area contributed by atoms with Crippen LogP contribution < -0.4 is 0 Å². The number of amides is 2. The number of nitrogens with zero attached hydrogens (tertiary/aromatic N) is 2. The van der Waals surface area contributed by atoms with Crippen molar-refractivity contribution in [2.24, 2.45) is 0 Å². The van der Waals surface area contributed by atoms with E-state index in [0.717, 1.165) is 29.6 Å². The average molecular weight is 244 g/mol. The van der Waals surface area contributed by atoms with Gasteiger partial charge in [0.25, 0.3) is 0 Å². The number of benzene rings is 1. The van der Waals surface area contributed by atoms with E-state index >= 15 is 0 Å². The Morgan fingerprint density at radius 1 is 1.39 bits per heavy atom. The van der Waals surface area contributed by atoms with Crippen molar-refractivity contribution in [3.05, 3.63) is 36.1 Å². The molecule has 2 amide bonds. The predicted octanol–water partition coefficient (Wildman–Crippen LogP) is 2.86. The van der Waals surface area contributed by atoms with Crippen molar-refractivity contribution in [2.75, 3.05) is 20.1 Å². The molecule has 1 aromatic carbocycles. The minimum absolute atomic E-state index is 0.0844. The number of likely N-dealkylation sites (N-methyl/N-ethyl adjacent to an activating group) is 2. The van der Waals surface area contributed by atoms with Crippen molar-refractivity contribution in [1.82, 2.24) is 9.80 Å². The molecule has 0 aliphatic carbocycles. The van der Waals surface area contributed by atoms with E-state index in [1.54, 1.807) is 11.2 Å². The Balaban J connectivity index is 2.03. The zero-order chi connectivity index (χ0) is 12.7. The SMILES string of the molecule is CCN1CC(c2coc3ccccc23)N(C)C1=O. The standard InChI is InChI=1S/C14H16N2O2/c1-3-16-8-12(15(2)14(16)17)11-9-18-13-7-5-4-6-10(11)13/h4-7,9,12H,3,8H2,1-2H3. The van der Waals surface area contributed by atoms with Crippen LogP contribution in [0.1, 0.15) is 18.5 Å². The van der Waals surface area contributed by atoms with Gasteiger partial charge in [0, 0.05) is 31.1 Å². The highest BCUT2D eigenvalue weighted by Crippen LogP contribution is 2.33. The number of carbonyl (C=O) groups is 1. The molecule has 0 radical (unpaired) electrons. The van der Waals surface area contributed by atoms with Gasteiger partial charge in [-0.3, -0.25) is 0 Å². The summed E-state index contributed by atoms with van der Waals surface area (Å²) in [7, 11) is 1.85. The normalized spacial score (nSPS) is 20.1. The molecule has 1 fully saturated rings. The zero-order valence-electron chi connectivity index (χ0n) is 10.6. The van der Waals surface area contributed by atoms with Gasteiger partial charge in [-0.05, 0) is 13.0 Å². The van der Waals surface area contributed by atoms with Gasteiger partial charge in [0.05, 0.1) is 12.3 Å². The van der Waals surface area contributed by atoms with Crippen molar-refractivity contribution in [1.29, 1.82) is 0 Å². The lowest BCUT2D eigenvalue weighted by molar-refractivity contribution is 0.197. The van der Waals surface area contributed by atoms with Crippen LogP contribution in [0.3, 0.4) is 0 Å². The molecule has 4 heteroatoms. The summed E-state index contributed by atoms with van der Waals surface area (Å²) in [5.74, 6) is 0. The van der Waals surface area contributed by atoms with Crippen molar-refractivity contribution in [3.8, 4) is 0 Å². The molecule has 1 aliphatic rings. The van der Waals surface area contributed by atoms with Gasteiger partial charge in [0.2, 0.25) is 0 Å². The molecule has 3 rings (SSSR count). The van der Waals surface area contributed by atoms with Gasteiger partial charge in [-0.25, -0.2) is 4.79 Å². The topological polar surface area (TPSA) is 36.7 Å². The predicted molar refractivity (Wildman–Crippen MR) is 69.4 cm³/mol. The van der Waals surface area contributed by atoms with E-state index in [-0.39, 0.29) is 12.1 Å². The first-order chi connectivity index (χ1) is 8.72. The summed E-state index contributed by atoms with van der Waals surface area (Å²) < 4.78 is 5.56. The Morgan fingerprint density at radius 2 is 2.17 bits per heavy atom. The second kappa shape index (κ2) is 4.05. The summed E-state index contributed by atoms with van der Waals surface area (Å²) >= 11 is 0. The molecule has 1 saturated heterocycles. The van der Waals surface area contributed by atoms with Crippen molar-refractivity contribution < 1.29 is 9.21 Å². The van der Waals surface area contributed by atoms with Crippen molar-refractivity contribution in [3.63, 3.8) is 0 Å². The van der Waals surface area contributed by atoms with Crippen molar-refractivity contribution >= 4 is 17.0 Å². The summed E-state index contributed by atoms with van der Waals surface area (Å²) in [6.45, 7) is 3.48. The summed E-state index contributed by atoms with van der Waals surface area (Å²) in [6, 6.07) is 8.12. The number of carbonyl (C=O) groups excluding carboxylic acids is 1. The third-order valence-corrected chi connectivity index (χ3v) is 3.68. The van der Waals surface area contributed by atoms with Gasteiger partial charge >= 0.3 is 6.03 Å². The lowest BCUT2D eigenvalue weighted by Crippen LogP contribution is -2.29. The van der Waals surface area contributed by atoms with Gasteiger partial charge < -0.3 is 14.2 Å². The first kappa shape index (κ1) is 11.1. The highest BCUT2D eigenvalue weighted by Gasteiger charge is 2.36. The Labute approximate surface area is 106 Å². The Bertz CT molecular complexity index is 590. The summed E-state index contributed by atoms with van der Waals surface area (Å²) in [4.78, 5) is 15.6. The Kier molecular flexibility index (Phi) is 2.51. The van der Waals surface area contributed by atoms with E-state index in [0.29, 0.717) is 0 Å². The first-order valence-corrected chi connectivity index (χ1v) is 6.20. The summed E-state index contributed by atoms with van der Waals surface area (Å²) in [5.41, 5.74) is 1.97. The maximum Gasteiger partial charge on any atom is 0.320 e. The van der Waals surface area contributed by atoms with E-state index in [2.05, 4.69) is 0 Å². The maximum atomic E-state index is 12.0. The quantitative estimate of drug-likeness (QED) is 0.814. The molecule has 94 valence electrons. The third kappa shape index (κ3) is 1.49. The number of hydrogen-bond acceptors (Lipinski definition) is 2. The molecule has 2 heterocycles. The molecule has 4 nitrogen and oxygen atoms in total. The molecular weight excluding hydrogens is 228 g/mol. The first-order valence-electron chi connectivity index (χ1n) is 6.20. The molecule has 2 aromatic rings. The number of furan rings is 1.